The van der Waals surface area contributed by atoms with Crippen molar-refractivity contribution in [2.24, 2.45) is 0 Å². The molecule has 1 atom stereocenters. The molecule has 0 aromatic heterocycles. The lowest BCUT2D eigenvalue weighted by molar-refractivity contribution is 0.184. The molecule has 0 amide bonds. The maximum atomic E-state index is 12.5. The van der Waals surface area contributed by atoms with Gasteiger partial charge in [-0.15, -0.1) is 12.4 Å². The zero-order chi connectivity index (χ0) is 21.3. The number of nitrogens with zero attached hydrogens (tertiary/aromatic N) is 1. The molecule has 0 fully saturated rings. The highest BCUT2D eigenvalue weighted by molar-refractivity contribution is 9.10. The van der Waals surface area contributed by atoms with E-state index in [0.717, 1.165) is 50.3 Å². The Morgan fingerprint density at radius 1 is 1.19 bits per heavy atom. The topological polar surface area (TPSA) is 67.9 Å². The summed E-state index contributed by atoms with van der Waals surface area (Å²) in [6.45, 7) is 2.25. The SMILES string of the molecule is COc1cc2c3c(c1OC)CCC3N(CCCNS(=O)(=O)c1ccccc1Br)CC2.Cl. The van der Waals surface area contributed by atoms with Gasteiger partial charge < -0.3 is 9.47 Å². The van der Waals surface area contributed by atoms with Crippen molar-refractivity contribution in [3.05, 3.63) is 51.5 Å². The van der Waals surface area contributed by atoms with Gasteiger partial charge >= 0.3 is 0 Å². The molecule has 1 unspecified atom stereocenters. The lowest BCUT2D eigenvalue weighted by Crippen LogP contribution is -2.36. The third kappa shape index (κ3) is 4.73. The van der Waals surface area contributed by atoms with Gasteiger partial charge in [0.15, 0.2) is 11.5 Å². The monoisotopic (exact) mass is 530 g/mol. The summed E-state index contributed by atoms with van der Waals surface area (Å²) in [5.41, 5.74) is 4.03. The van der Waals surface area contributed by atoms with Gasteiger partial charge in [-0.25, -0.2) is 13.1 Å². The molecule has 0 spiro atoms. The van der Waals surface area contributed by atoms with Crippen molar-refractivity contribution in [3.63, 3.8) is 0 Å². The van der Waals surface area contributed by atoms with Crippen LogP contribution < -0.4 is 14.2 Å². The molecule has 2 aromatic carbocycles. The Labute approximate surface area is 198 Å². The van der Waals surface area contributed by atoms with Crippen LogP contribution in [0, 0.1) is 0 Å². The third-order valence-corrected chi connectivity index (χ3v) is 8.52. The molecule has 0 saturated heterocycles. The highest BCUT2D eigenvalue weighted by atomic mass is 79.9. The summed E-state index contributed by atoms with van der Waals surface area (Å²) in [6.07, 6.45) is 3.78. The Morgan fingerprint density at radius 2 is 1.97 bits per heavy atom. The van der Waals surface area contributed by atoms with Gasteiger partial charge in [0.2, 0.25) is 10.0 Å². The van der Waals surface area contributed by atoms with Gasteiger partial charge in [0.1, 0.15) is 0 Å². The molecule has 9 heteroatoms. The van der Waals surface area contributed by atoms with Gasteiger partial charge in [-0.05, 0) is 70.9 Å². The summed E-state index contributed by atoms with van der Waals surface area (Å²) < 4.78 is 39.6. The van der Waals surface area contributed by atoms with E-state index in [1.807, 2.05) is 0 Å². The van der Waals surface area contributed by atoms with Crippen molar-refractivity contribution in [1.82, 2.24) is 9.62 Å². The third-order valence-electron chi connectivity index (χ3n) is 6.05. The Bertz CT molecular complexity index is 1050. The Hall–Kier alpha value is -1.32. The lowest BCUT2D eigenvalue weighted by atomic mass is 9.92. The van der Waals surface area contributed by atoms with Crippen LogP contribution in [0.15, 0.2) is 39.7 Å². The standard InChI is InChI=1S/C22H27BrN2O4S.ClH/c1-28-19-14-15-10-13-25(18-9-8-16(21(15)18)22(19)29-2)12-5-11-24-30(26,27)20-7-4-3-6-17(20)23;/h3-4,6-7,14,18,24H,5,8-13H2,1-2H3;1H. The van der Waals surface area contributed by atoms with Crippen LogP contribution in [0.1, 0.15) is 35.6 Å². The molecule has 0 saturated carbocycles. The van der Waals surface area contributed by atoms with E-state index in [9.17, 15) is 8.42 Å². The van der Waals surface area contributed by atoms with E-state index >= 15 is 0 Å². The van der Waals surface area contributed by atoms with E-state index in [0.29, 0.717) is 17.1 Å². The summed E-state index contributed by atoms with van der Waals surface area (Å²) in [5.74, 6) is 1.68. The zero-order valence-electron chi connectivity index (χ0n) is 17.7. The van der Waals surface area contributed by atoms with Crippen molar-refractivity contribution in [2.45, 2.75) is 36.6 Å². The van der Waals surface area contributed by atoms with Gasteiger partial charge in [0, 0.05) is 35.7 Å². The molecular weight excluding hydrogens is 504 g/mol. The summed E-state index contributed by atoms with van der Waals surface area (Å²) in [5, 5.41) is 0. The first kappa shape index (κ1) is 24.3. The highest BCUT2D eigenvalue weighted by Gasteiger charge is 2.36. The second-order valence-corrected chi connectivity index (χ2v) is 10.3. The van der Waals surface area contributed by atoms with Gasteiger partial charge in [-0.1, -0.05) is 12.1 Å². The minimum Gasteiger partial charge on any atom is -0.493 e. The predicted molar refractivity (Wildman–Crippen MR) is 127 cm³/mol. The first-order valence-electron chi connectivity index (χ1n) is 10.2. The fourth-order valence-electron chi connectivity index (χ4n) is 4.72. The molecule has 6 nitrogen and oxygen atoms in total. The highest BCUT2D eigenvalue weighted by Crippen LogP contribution is 2.48. The number of sulfonamides is 1. The molecule has 1 aliphatic heterocycles. The molecule has 1 heterocycles. The normalized spacial score (nSPS) is 17.7. The van der Waals surface area contributed by atoms with Crippen LogP contribution in [0.2, 0.25) is 0 Å². The number of rotatable bonds is 8. The average Bonchev–Trinajstić information content (AvgIpc) is 3.18. The predicted octanol–water partition coefficient (Wildman–Crippen LogP) is 4.10. The van der Waals surface area contributed by atoms with E-state index in [4.69, 9.17) is 9.47 Å². The van der Waals surface area contributed by atoms with Crippen LogP contribution in [0.3, 0.4) is 0 Å². The van der Waals surface area contributed by atoms with E-state index in [1.54, 1.807) is 38.5 Å². The summed E-state index contributed by atoms with van der Waals surface area (Å²) in [6, 6.07) is 9.38. The van der Waals surface area contributed by atoms with Gasteiger partial charge in [0.05, 0.1) is 19.1 Å². The minimum absolute atomic E-state index is 0. The number of hydrogen-bond acceptors (Lipinski definition) is 5. The van der Waals surface area contributed by atoms with Crippen LogP contribution in [-0.2, 0) is 22.9 Å². The molecule has 2 aromatic rings. The second kappa shape index (κ2) is 10.1. The molecule has 0 bridgehead atoms. The maximum absolute atomic E-state index is 12.5. The first-order chi connectivity index (χ1) is 14.5. The number of halogens is 2. The fraction of sp³-hybridized carbons (Fsp3) is 0.455. The van der Waals surface area contributed by atoms with Crippen molar-refractivity contribution >= 4 is 38.4 Å². The molecule has 1 aliphatic carbocycles. The largest absolute Gasteiger partial charge is 0.493 e. The molecule has 0 radical (unpaired) electrons. The van der Waals surface area contributed by atoms with Gasteiger partial charge in [-0.3, -0.25) is 4.90 Å². The fourth-order valence-corrected chi connectivity index (χ4v) is 6.79. The second-order valence-electron chi connectivity index (χ2n) is 7.69. The summed E-state index contributed by atoms with van der Waals surface area (Å²) >= 11 is 3.32. The first-order valence-corrected chi connectivity index (χ1v) is 12.5. The smallest absolute Gasteiger partial charge is 0.241 e. The van der Waals surface area contributed by atoms with Crippen LogP contribution in [-0.4, -0.2) is 47.2 Å². The van der Waals surface area contributed by atoms with E-state index < -0.39 is 10.0 Å². The van der Waals surface area contributed by atoms with E-state index in [2.05, 4.69) is 31.6 Å². The Balaban J connectivity index is 0.00000272. The van der Waals surface area contributed by atoms with Crippen LogP contribution in [0.25, 0.3) is 0 Å². The maximum Gasteiger partial charge on any atom is 0.241 e. The van der Waals surface area contributed by atoms with Crippen LogP contribution >= 0.6 is 28.3 Å². The summed E-state index contributed by atoms with van der Waals surface area (Å²) in [7, 11) is -0.126. The molecule has 4 rings (SSSR count). The molecule has 170 valence electrons. The minimum atomic E-state index is -3.51. The Kier molecular flexibility index (Phi) is 7.91. The number of benzene rings is 2. The van der Waals surface area contributed by atoms with E-state index in [-0.39, 0.29) is 17.3 Å². The van der Waals surface area contributed by atoms with Crippen LogP contribution in [0.5, 0.6) is 11.5 Å². The van der Waals surface area contributed by atoms with Crippen LogP contribution in [0.4, 0.5) is 0 Å². The van der Waals surface area contributed by atoms with Crippen molar-refractivity contribution in [2.75, 3.05) is 33.9 Å². The molecule has 31 heavy (non-hydrogen) atoms. The van der Waals surface area contributed by atoms with Crippen molar-refractivity contribution in [1.29, 1.82) is 0 Å². The van der Waals surface area contributed by atoms with Gasteiger partial charge in [0.25, 0.3) is 0 Å². The number of methoxy groups -OCH3 is 2. The van der Waals surface area contributed by atoms with Gasteiger partial charge in [-0.2, -0.15) is 0 Å². The van der Waals surface area contributed by atoms with E-state index in [1.165, 1.54) is 16.7 Å². The number of nitrogens with one attached hydrogen (secondary N) is 1. The number of ether oxygens (including phenoxy) is 2. The lowest BCUT2D eigenvalue weighted by Gasteiger charge is -2.35. The summed E-state index contributed by atoms with van der Waals surface area (Å²) in [4.78, 5) is 2.76. The quantitative estimate of drug-likeness (QED) is 0.520. The van der Waals surface area contributed by atoms with Crippen molar-refractivity contribution in [3.8, 4) is 11.5 Å². The average molecular weight is 532 g/mol. The zero-order valence-corrected chi connectivity index (χ0v) is 20.9. The molecular formula is C22H28BrClN2O4S. The molecule has 2 aliphatic rings. The molecule has 1 N–H and O–H groups in total. The van der Waals surface area contributed by atoms with Crippen molar-refractivity contribution < 1.29 is 17.9 Å². The number of hydrogen-bond donors (Lipinski definition) is 1. The Morgan fingerprint density at radius 3 is 2.68 bits per heavy atom.